The average molecular weight is 818 g/mol. The number of rotatable bonds is 7. The Morgan fingerprint density at radius 2 is 0.875 bits per heavy atom. The normalized spacial score (nSPS) is 12.7. The van der Waals surface area contributed by atoms with Gasteiger partial charge in [0.15, 0.2) is 5.82 Å². The molecule has 3 heteroatoms. The fourth-order valence-electron chi connectivity index (χ4n) is 10.1. The molecule has 64 heavy (non-hydrogen) atoms. The Kier molecular flexibility index (Phi) is 8.84. The van der Waals surface area contributed by atoms with E-state index in [0.29, 0.717) is 5.82 Å². The molecule has 12 rings (SSSR count). The van der Waals surface area contributed by atoms with E-state index >= 15 is 0 Å². The summed E-state index contributed by atoms with van der Waals surface area (Å²) in [6, 6.07) is 80.9. The summed E-state index contributed by atoms with van der Waals surface area (Å²) in [5.74, 6) is 0.678. The third-order valence-electron chi connectivity index (χ3n) is 13.2. The zero-order valence-corrected chi connectivity index (χ0v) is 35.7. The topological polar surface area (TPSA) is 30.7 Å². The Bertz CT molecular complexity index is 3440. The minimum absolute atomic E-state index is 0.0932. The number of para-hydroxylation sites is 1. The van der Waals surface area contributed by atoms with Gasteiger partial charge in [0.1, 0.15) is 0 Å². The van der Waals surface area contributed by atoms with Crippen molar-refractivity contribution in [3.05, 3.63) is 236 Å². The first-order chi connectivity index (χ1) is 31.5. The Morgan fingerprint density at radius 3 is 1.50 bits per heavy atom. The van der Waals surface area contributed by atoms with Crippen LogP contribution >= 0.6 is 0 Å². The number of benzene rings is 9. The molecule has 1 aliphatic carbocycles. The van der Waals surface area contributed by atoms with Crippen molar-refractivity contribution in [2.45, 2.75) is 19.3 Å². The first-order valence-corrected chi connectivity index (χ1v) is 22.1. The molecule has 3 nitrogen and oxygen atoms in total. The van der Waals surface area contributed by atoms with Crippen LogP contribution in [0, 0.1) is 0 Å². The van der Waals surface area contributed by atoms with Gasteiger partial charge < -0.3 is 4.57 Å². The van der Waals surface area contributed by atoms with Gasteiger partial charge in [-0.3, -0.25) is 0 Å². The minimum atomic E-state index is -0.0932. The molecule has 0 aliphatic heterocycles. The van der Waals surface area contributed by atoms with E-state index in [-0.39, 0.29) is 5.41 Å². The van der Waals surface area contributed by atoms with Crippen LogP contribution in [0.3, 0.4) is 0 Å². The third-order valence-corrected chi connectivity index (χ3v) is 13.2. The van der Waals surface area contributed by atoms with Crippen LogP contribution in [0.5, 0.6) is 0 Å². The second-order valence-electron chi connectivity index (χ2n) is 17.4. The van der Waals surface area contributed by atoms with E-state index < -0.39 is 0 Å². The predicted molar refractivity (Wildman–Crippen MR) is 267 cm³/mol. The summed E-state index contributed by atoms with van der Waals surface area (Å²) >= 11 is 0. The van der Waals surface area contributed by atoms with Gasteiger partial charge in [-0.05, 0) is 98.1 Å². The third kappa shape index (κ3) is 6.20. The lowest BCUT2D eigenvalue weighted by Gasteiger charge is -2.21. The fraction of sp³-hybridized carbons (Fsp3) is 0.0492. The molecule has 9 aromatic carbocycles. The highest BCUT2D eigenvalue weighted by molar-refractivity contribution is 6.15. The monoisotopic (exact) mass is 817 g/mol. The van der Waals surface area contributed by atoms with Gasteiger partial charge in [-0.2, -0.15) is 0 Å². The SMILES string of the molecule is CC1(C)c2ccccc2-c2c(-c3ccc4c(c3)c3cccc(-c5nc(-c6ccccc6)cc(-c6ccccc6)n5)c3n4-c3cc(-c4ccccc4)cc(-c4ccccc4)c3)cccc21. The van der Waals surface area contributed by atoms with Crippen LogP contribution < -0.4 is 0 Å². The van der Waals surface area contributed by atoms with Crippen LogP contribution in [0.25, 0.3) is 106 Å². The Labute approximate surface area is 373 Å². The number of nitrogens with zero attached hydrogens (tertiary/aromatic N) is 3. The molecule has 1 aliphatic rings. The number of fused-ring (bicyclic) bond motifs is 6. The molecule has 11 aromatic rings. The zero-order chi connectivity index (χ0) is 42.8. The lowest BCUT2D eigenvalue weighted by Crippen LogP contribution is -2.14. The van der Waals surface area contributed by atoms with E-state index in [1.54, 1.807) is 0 Å². The summed E-state index contributed by atoms with van der Waals surface area (Å²) in [6.45, 7) is 4.70. The van der Waals surface area contributed by atoms with Crippen LogP contribution in [-0.4, -0.2) is 14.5 Å². The molecule has 0 spiro atoms. The summed E-state index contributed by atoms with van der Waals surface area (Å²) in [6.07, 6.45) is 0. The fourth-order valence-corrected chi connectivity index (χ4v) is 10.1. The molecule has 2 heterocycles. The van der Waals surface area contributed by atoms with Gasteiger partial charge in [-0.15, -0.1) is 0 Å². The van der Waals surface area contributed by atoms with Crippen LogP contribution in [0.1, 0.15) is 25.0 Å². The van der Waals surface area contributed by atoms with Crippen molar-refractivity contribution in [3.8, 4) is 84.1 Å². The maximum atomic E-state index is 5.40. The predicted octanol–water partition coefficient (Wildman–Crippen LogP) is 15.9. The summed E-state index contributed by atoms with van der Waals surface area (Å²) in [5, 5.41) is 2.32. The van der Waals surface area contributed by atoms with Gasteiger partial charge in [0, 0.05) is 38.6 Å². The molecule has 0 N–H and O–H groups in total. The molecule has 302 valence electrons. The highest BCUT2D eigenvalue weighted by Gasteiger charge is 2.36. The van der Waals surface area contributed by atoms with Gasteiger partial charge in [0.2, 0.25) is 0 Å². The first-order valence-electron chi connectivity index (χ1n) is 22.1. The van der Waals surface area contributed by atoms with Gasteiger partial charge in [0.05, 0.1) is 22.4 Å². The molecule has 0 atom stereocenters. The van der Waals surface area contributed by atoms with E-state index in [2.05, 4.69) is 231 Å². The second-order valence-corrected chi connectivity index (χ2v) is 17.4. The summed E-state index contributed by atoms with van der Waals surface area (Å²) in [5.41, 5.74) is 20.4. The molecule has 0 bridgehead atoms. The average Bonchev–Trinajstić information content (AvgIpc) is 3.83. The Balaban J connectivity index is 1.17. The van der Waals surface area contributed by atoms with Crippen molar-refractivity contribution in [3.63, 3.8) is 0 Å². The number of hydrogen-bond donors (Lipinski definition) is 0. The Morgan fingerprint density at radius 1 is 0.359 bits per heavy atom. The first kappa shape index (κ1) is 37.6. The van der Waals surface area contributed by atoms with E-state index in [0.717, 1.165) is 72.4 Å². The van der Waals surface area contributed by atoms with Gasteiger partial charge in [-0.25, -0.2) is 9.97 Å². The molecule has 0 saturated heterocycles. The molecule has 0 amide bonds. The minimum Gasteiger partial charge on any atom is -0.308 e. The standard InChI is InChI=1S/C61H43N3/c1-61(2)53-31-16-15-27-50(53)58-48(28-18-32-54(58)61)44-33-34-57-52(38-44)49-29-17-30-51(60-62-55(42-23-11-5-12-24-42)39-56(63-60)43-25-13-6-14-26-43)59(49)64(57)47-36-45(40-19-7-3-8-20-40)35-46(37-47)41-21-9-4-10-22-41/h3-39H,1-2H3. The zero-order valence-electron chi connectivity index (χ0n) is 35.7. The summed E-state index contributed by atoms with van der Waals surface area (Å²) in [4.78, 5) is 10.8. The lowest BCUT2D eigenvalue weighted by molar-refractivity contribution is 0.660. The molecule has 0 fully saturated rings. The molecule has 0 radical (unpaired) electrons. The van der Waals surface area contributed by atoms with E-state index in [1.165, 1.54) is 38.8 Å². The van der Waals surface area contributed by atoms with E-state index in [1.807, 2.05) is 12.1 Å². The quantitative estimate of drug-likeness (QED) is 0.160. The van der Waals surface area contributed by atoms with E-state index in [9.17, 15) is 0 Å². The van der Waals surface area contributed by atoms with Crippen LogP contribution in [0.4, 0.5) is 0 Å². The van der Waals surface area contributed by atoms with Crippen molar-refractivity contribution in [2.75, 3.05) is 0 Å². The highest BCUT2D eigenvalue weighted by atomic mass is 15.0. The maximum absolute atomic E-state index is 5.40. The van der Waals surface area contributed by atoms with Gasteiger partial charge >= 0.3 is 0 Å². The second kappa shape index (κ2) is 15.0. The van der Waals surface area contributed by atoms with Crippen molar-refractivity contribution in [1.29, 1.82) is 0 Å². The van der Waals surface area contributed by atoms with Crippen LogP contribution in [0.15, 0.2) is 224 Å². The summed E-state index contributed by atoms with van der Waals surface area (Å²) < 4.78 is 2.46. The van der Waals surface area contributed by atoms with Crippen molar-refractivity contribution in [2.24, 2.45) is 0 Å². The molecule has 0 unspecified atom stereocenters. The highest BCUT2D eigenvalue weighted by Crippen LogP contribution is 2.52. The van der Waals surface area contributed by atoms with Crippen molar-refractivity contribution >= 4 is 21.8 Å². The van der Waals surface area contributed by atoms with Crippen molar-refractivity contribution < 1.29 is 0 Å². The number of hydrogen-bond acceptors (Lipinski definition) is 2. The van der Waals surface area contributed by atoms with Crippen LogP contribution in [0.2, 0.25) is 0 Å². The smallest absolute Gasteiger partial charge is 0.162 e. The molecular weight excluding hydrogens is 775 g/mol. The molecule has 0 saturated carbocycles. The summed E-state index contributed by atoms with van der Waals surface area (Å²) in [7, 11) is 0. The molecule has 2 aromatic heterocycles. The maximum Gasteiger partial charge on any atom is 0.162 e. The van der Waals surface area contributed by atoms with E-state index in [4.69, 9.17) is 9.97 Å². The van der Waals surface area contributed by atoms with Crippen LogP contribution in [-0.2, 0) is 5.41 Å². The Hall–Kier alpha value is -8.14. The van der Waals surface area contributed by atoms with Crippen molar-refractivity contribution in [1.82, 2.24) is 14.5 Å². The lowest BCUT2D eigenvalue weighted by atomic mass is 9.82. The van der Waals surface area contributed by atoms with Gasteiger partial charge in [0.25, 0.3) is 0 Å². The molecular formula is C61H43N3. The van der Waals surface area contributed by atoms with Gasteiger partial charge in [-0.1, -0.05) is 196 Å². The largest absolute Gasteiger partial charge is 0.308 e. The number of aromatic nitrogens is 3.